The maximum Gasteiger partial charge on any atom is 0.209 e. The molecule has 13 heavy (non-hydrogen) atoms. The molecule has 0 aromatic heterocycles. The number of hydrogen-bond donors (Lipinski definition) is 1. The number of hydrogen-bond acceptors (Lipinski definition) is 3. The fourth-order valence-corrected chi connectivity index (χ4v) is 1.52. The second-order valence-electron chi connectivity index (χ2n) is 3.34. The molecule has 1 fully saturated rings. The van der Waals surface area contributed by atoms with Gasteiger partial charge in [0.1, 0.15) is 0 Å². The van der Waals surface area contributed by atoms with Crippen LogP contribution in [0.5, 0.6) is 0 Å². The SMILES string of the molecule is CNCCC[C@@H]1CN(C=O)CCO1. The standard InChI is InChI=1S/C9H18N2O2/c1-10-4-2-3-9-7-11(8-12)5-6-13-9/h8-10H,2-7H2,1H3/t9-/m1/s1. The predicted molar refractivity (Wildman–Crippen MR) is 50.5 cm³/mol. The Labute approximate surface area is 79.2 Å². The summed E-state index contributed by atoms with van der Waals surface area (Å²) in [5.41, 5.74) is 0. The van der Waals surface area contributed by atoms with Gasteiger partial charge in [-0.15, -0.1) is 0 Å². The summed E-state index contributed by atoms with van der Waals surface area (Å²) < 4.78 is 5.53. The largest absolute Gasteiger partial charge is 0.375 e. The molecule has 1 rings (SSSR count). The summed E-state index contributed by atoms with van der Waals surface area (Å²) in [6.07, 6.45) is 3.29. The summed E-state index contributed by atoms with van der Waals surface area (Å²) in [6, 6.07) is 0. The average Bonchev–Trinajstić information content (AvgIpc) is 2.19. The molecule has 0 saturated carbocycles. The van der Waals surface area contributed by atoms with Crippen molar-refractivity contribution in [3.05, 3.63) is 0 Å². The van der Waals surface area contributed by atoms with Gasteiger partial charge in [0.25, 0.3) is 0 Å². The van der Waals surface area contributed by atoms with E-state index in [2.05, 4.69) is 5.32 Å². The topological polar surface area (TPSA) is 41.6 Å². The first kappa shape index (κ1) is 10.5. The molecular weight excluding hydrogens is 168 g/mol. The average molecular weight is 186 g/mol. The van der Waals surface area contributed by atoms with Gasteiger partial charge in [-0.3, -0.25) is 4.79 Å². The predicted octanol–water partition coefficient (Wildman–Crippen LogP) is -0.157. The minimum Gasteiger partial charge on any atom is -0.375 e. The van der Waals surface area contributed by atoms with Gasteiger partial charge in [0.05, 0.1) is 12.7 Å². The van der Waals surface area contributed by atoms with Gasteiger partial charge in [-0.05, 0) is 26.4 Å². The lowest BCUT2D eigenvalue weighted by molar-refractivity contribution is -0.125. The van der Waals surface area contributed by atoms with Crippen molar-refractivity contribution in [1.82, 2.24) is 10.2 Å². The lowest BCUT2D eigenvalue weighted by Gasteiger charge is -2.30. The lowest BCUT2D eigenvalue weighted by atomic mass is 10.1. The molecule has 0 spiro atoms. The molecule has 1 saturated heterocycles. The van der Waals surface area contributed by atoms with E-state index < -0.39 is 0 Å². The Morgan fingerprint density at radius 1 is 1.69 bits per heavy atom. The number of amides is 1. The Balaban J connectivity index is 2.14. The van der Waals surface area contributed by atoms with Crippen LogP contribution in [0.3, 0.4) is 0 Å². The zero-order valence-electron chi connectivity index (χ0n) is 8.16. The molecule has 0 unspecified atom stereocenters. The molecule has 0 radical (unpaired) electrons. The monoisotopic (exact) mass is 186 g/mol. The Morgan fingerprint density at radius 3 is 3.23 bits per heavy atom. The van der Waals surface area contributed by atoms with Gasteiger partial charge in [0.2, 0.25) is 6.41 Å². The maximum atomic E-state index is 10.5. The van der Waals surface area contributed by atoms with E-state index in [1.807, 2.05) is 7.05 Å². The number of rotatable bonds is 5. The van der Waals surface area contributed by atoms with E-state index in [4.69, 9.17) is 4.74 Å². The fourth-order valence-electron chi connectivity index (χ4n) is 1.52. The van der Waals surface area contributed by atoms with Gasteiger partial charge in [-0.25, -0.2) is 0 Å². The van der Waals surface area contributed by atoms with Crippen LogP contribution in [0.4, 0.5) is 0 Å². The molecule has 1 aliphatic rings. The number of carbonyl (C=O) groups is 1. The van der Waals surface area contributed by atoms with Crippen LogP contribution in [0, 0.1) is 0 Å². The Morgan fingerprint density at radius 2 is 2.54 bits per heavy atom. The van der Waals surface area contributed by atoms with Gasteiger partial charge in [0, 0.05) is 13.1 Å². The van der Waals surface area contributed by atoms with Crippen molar-refractivity contribution in [2.75, 3.05) is 33.3 Å². The van der Waals surface area contributed by atoms with E-state index in [9.17, 15) is 4.79 Å². The molecule has 76 valence electrons. The van der Waals surface area contributed by atoms with Crippen molar-refractivity contribution in [3.63, 3.8) is 0 Å². The van der Waals surface area contributed by atoms with Crippen LogP contribution >= 0.6 is 0 Å². The third kappa shape index (κ3) is 3.74. The smallest absolute Gasteiger partial charge is 0.209 e. The summed E-state index contributed by atoms with van der Waals surface area (Å²) in [4.78, 5) is 12.3. The van der Waals surface area contributed by atoms with E-state index in [-0.39, 0.29) is 6.10 Å². The van der Waals surface area contributed by atoms with Crippen molar-refractivity contribution < 1.29 is 9.53 Å². The molecule has 1 heterocycles. The summed E-state index contributed by atoms with van der Waals surface area (Å²) in [5, 5.41) is 3.09. The molecule has 0 bridgehead atoms. The second-order valence-corrected chi connectivity index (χ2v) is 3.34. The molecule has 0 aromatic carbocycles. The Bertz CT molecular complexity index is 153. The zero-order chi connectivity index (χ0) is 9.52. The highest BCUT2D eigenvalue weighted by Gasteiger charge is 2.18. The van der Waals surface area contributed by atoms with Gasteiger partial charge in [-0.2, -0.15) is 0 Å². The molecule has 1 aliphatic heterocycles. The third-order valence-electron chi connectivity index (χ3n) is 2.27. The summed E-state index contributed by atoms with van der Waals surface area (Å²) in [7, 11) is 1.94. The minimum absolute atomic E-state index is 0.243. The van der Waals surface area contributed by atoms with Crippen LogP contribution in [-0.2, 0) is 9.53 Å². The number of ether oxygens (including phenoxy) is 1. The van der Waals surface area contributed by atoms with Gasteiger partial charge >= 0.3 is 0 Å². The first-order valence-corrected chi connectivity index (χ1v) is 4.82. The molecule has 0 aromatic rings. The number of carbonyl (C=O) groups excluding carboxylic acids is 1. The highest BCUT2D eigenvalue weighted by atomic mass is 16.5. The van der Waals surface area contributed by atoms with E-state index in [0.717, 1.165) is 38.9 Å². The molecule has 4 nitrogen and oxygen atoms in total. The lowest BCUT2D eigenvalue weighted by Crippen LogP contribution is -2.41. The second kappa shape index (κ2) is 5.94. The summed E-state index contributed by atoms with van der Waals surface area (Å²) in [5.74, 6) is 0. The number of morpholine rings is 1. The van der Waals surface area contributed by atoms with E-state index >= 15 is 0 Å². The minimum atomic E-state index is 0.243. The Hall–Kier alpha value is -0.610. The highest BCUT2D eigenvalue weighted by molar-refractivity contribution is 5.47. The first-order valence-electron chi connectivity index (χ1n) is 4.82. The third-order valence-corrected chi connectivity index (χ3v) is 2.27. The molecular formula is C9H18N2O2. The van der Waals surface area contributed by atoms with Crippen molar-refractivity contribution in [1.29, 1.82) is 0 Å². The molecule has 1 atom stereocenters. The summed E-state index contributed by atoms with van der Waals surface area (Å²) >= 11 is 0. The van der Waals surface area contributed by atoms with E-state index in [0.29, 0.717) is 6.61 Å². The molecule has 1 N–H and O–H groups in total. The van der Waals surface area contributed by atoms with Crippen LogP contribution in [0.15, 0.2) is 0 Å². The summed E-state index contributed by atoms with van der Waals surface area (Å²) in [6.45, 7) is 3.20. The number of nitrogens with one attached hydrogen (secondary N) is 1. The van der Waals surface area contributed by atoms with Gasteiger partial charge < -0.3 is 15.0 Å². The molecule has 0 aliphatic carbocycles. The van der Waals surface area contributed by atoms with Crippen LogP contribution in [-0.4, -0.2) is 50.7 Å². The normalized spacial score (nSPS) is 23.2. The fraction of sp³-hybridized carbons (Fsp3) is 0.889. The van der Waals surface area contributed by atoms with Crippen LogP contribution in [0.25, 0.3) is 0 Å². The zero-order valence-corrected chi connectivity index (χ0v) is 8.16. The highest BCUT2D eigenvalue weighted by Crippen LogP contribution is 2.08. The van der Waals surface area contributed by atoms with Crippen LogP contribution < -0.4 is 5.32 Å². The van der Waals surface area contributed by atoms with Crippen molar-refractivity contribution in [2.45, 2.75) is 18.9 Å². The van der Waals surface area contributed by atoms with E-state index in [1.54, 1.807) is 4.90 Å². The number of nitrogens with zero attached hydrogens (tertiary/aromatic N) is 1. The van der Waals surface area contributed by atoms with Gasteiger partial charge in [0.15, 0.2) is 0 Å². The maximum absolute atomic E-state index is 10.5. The van der Waals surface area contributed by atoms with E-state index in [1.165, 1.54) is 0 Å². The van der Waals surface area contributed by atoms with Crippen molar-refractivity contribution >= 4 is 6.41 Å². The van der Waals surface area contributed by atoms with Crippen molar-refractivity contribution in [2.24, 2.45) is 0 Å². The Kier molecular flexibility index (Phi) is 4.78. The molecule has 1 amide bonds. The van der Waals surface area contributed by atoms with Gasteiger partial charge in [-0.1, -0.05) is 0 Å². The van der Waals surface area contributed by atoms with Crippen molar-refractivity contribution in [3.8, 4) is 0 Å². The quantitative estimate of drug-likeness (QED) is 0.479. The van der Waals surface area contributed by atoms with Crippen LogP contribution in [0.2, 0.25) is 0 Å². The first-order chi connectivity index (χ1) is 6.36. The molecule has 4 heteroatoms. The van der Waals surface area contributed by atoms with Crippen LogP contribution in [0.1, 0.15) is 12.8 Å².